The monoisotopic (exact) mass is 332 g/mol. The zero-order valence-corrected chi connectivity index (χ0v) is 13.1. The molecule has 0 aromatic heterocycles. The summed E-state index contributed by atoms with van der Waals surface area (Å²) in [4.78, 5) is 12.2. The summed E-state index contributed by atoms with van der Waals surface area (Å²) in [6, 6.07) is 9.06. The van der Waals surface area contributed by atoms with Crippen molar-refractivity contribution in [1.29, 1.82) is 0 Å². The molecule has 2 aromatic carbocycles. The maximum Gasteiger partial charge on any atom is 0.315 e. The molecule has 4 nitrogen and oxygen atoms in total. The van der Waals surface area contributed by atoms with Crippen LogP contribution in [0, 0.1) is 11.6 Å². The average Bonchev–Trinajstić information content (AvgIpc) is 2.83. The third-order valence-corrected chi connectivity index (χ3v) is 4.27. The van der Waals surface area contributed by atoms with Crippen LogP contribution in [0.4, 0.5) is 13.6 Å². The summed E-state index contributed by atoms with van der Waals surface area (Å²) in [5.74, 6) is -1.38. The lowest BCUT2D eigenvalue weighted by Crippen LogP contribution is -2.42. The van der Waals surface area contributed by atoms with E-state index in [4.69, 9.17) is 0 Å². The molecule has 3 atom stereocenters. The topological polar surface area (TPSA) is 61.4 Å². The van der Waals surface area contributed by atoms with Crippen LogP contribution in [0.3, 0.4) is 0 Å². The van der Waals surface area contributed by atoms with E-state index in [0.717, 1.165) is 23.3 Å². The molecule has 126 valence electrons. The summed E-state index contributed by atoms with van der Waals surface area (Å²) < 4.78 is 26.7. The zero-order valence-electron chi connectivity index (χ0n) is 13.1. The van der Waals surface area contributed by atoms with E-state index in [-0.39, 0.29) is 5.56 Å². The lowest BCUT2D eigenvalue weighted by molar-refractivity contribution is 0.142. The maximum atomic E-state index is 13.8. The molecule has 1 aliphatic carbocycles. The van der Waals surface area contributed by atoms with Gasteiger partial charge in [0.05, 0.1) is 18.2 Å². The van der Waals surface area contributed by atoms with Crippen LogP contribution in [0.5, 0.6) is 0 Å². The second-order valence-corrected chi connectivity index (χ2v) is 5.95. The van der Waals surface area contributed by atoms with Crippen molar-refractivity contribution in [2.45, 2.75) is 31.5 Å². The predicted octanol–water partition coefficient (Wildman–Crippen LogP) is 2.98. The molecule has 0 radical (unpaired) electrons. The summed E-state index contributed by atoms with van der Waals surface area (Å²) in [5, 5.41) is 15.5. The molecule has 0 fully saturated rings. The standard InChI is InChI=1S/C18H18F2N2O2/c1-10(13-7-6-12(19)9-15(13)20)21-18(24)22-17-14-5-3-2-4-11(14)8-16(17)23/h2-7,9-10,16-17,23H,8H2,1H3,(H2,21,22,24). The Hall–Kier alpha value is -2.47. The molecule has 0 spiro atoms. The van der Waals surface area contributed by atoms with Crippen LogP contribution in [0.1, 0.15) is 35.7 Å². The summed E-state index contributed by atoms with van der Waals surface area (Å²) in [5.41, 5.74) is 2.06. The fraction of sp³-hybridized carbons (Fsp3) is 0.278. The highest BCUT2D eigenvalue weighted by atomic mass is 19.1. The Bertz CT molecular complexity index is 766. The van der Waals surface area contributed by atoms with Gasteiger partial charge in [0.1, 0.15) is 11.6 Å². The van der Waals surface area contributed by atoms with Crippen LogP contribution in [0.2, 0.25) is 0 Å². The summed E-state index contributed by atoms with van der Waals surface area (Å²) >= 11 is 0. The molecular formula is C18H18F2N2O2. The number of urea groups is 1. The lowest BCUT2D eigenvalue weighted by Gasteiger charge is -2.21. The Balaban J connectivity index is 1.67. The molecule has 24 heavy (non-hydrogen) atoms. The first-order valence-electron chi connectivity index (χ1n) is 7.73. The smallest absolute Gasteiger partial charge is 0.315 e. The first-order chi connectivity index (χ1) is 11.5. The molecule has 0 saturated carbocycles. The Morgan fingerprint density at radius 1 is 1.25 bits per heavy atom. The van der Waals surface area contributed by atoms with Gasteiger partial charge in [0, 0.05) is 18.1 Å². The number of fused-ring (bicyclic) bond motifs is 1. The first-order valence-corrected chi connectivity index (χ1v) is 7.73. The van der Waals surface area contributed by atoms with Crippen molar-refractivity contribution in [1.82, 2.24) is 10.6 Å². The number of hydrogen-bond donors (Lipinski definition) is 3. The van der Waals surface area contributed by atoms with Gasteiger partial charge in [0.2, 0.25) is 0 Å². The maximum absolute atomic E-state index is 13.8. The van der Waals surface area contributed by atoms with E-state index in [0.29, 0.717) is 6.42 Å². The van der Waals surface area contributed by atoms with Crippen molar-refractivity contribution in [3.05, 3.63) is 70.8 Å². The average molecular weight is 332 g/mol. The number of rotatable bonds is 3. The normalized spacial score (nSPS) is 20.3. The number of aliphatic hydroxyl groups is 1. The van der Waals surface area contributed by atoms with E-state index in [1.807, 2.05) is 24.3 Å². The molecule has 2 aromatic rings. The fourth-order valence-corrected chi connectivity index (χ4v) is 3.06. The van der Waals surface area contributed by atoms with E-state index >= 15 is 0 Å². The molecule has 6 heteroatoms. The lowest BCUT2D eigenvalue weighted by atomic mass is 10.1. The third-order valence-electron chi connectivity index (χ3n) is 4.27. The van der Waals surface area contributed by atoms with Gasteiger partial charge in [-0.05, 0) is 24.1 Å². The summed E-state index contributed by atoms with van der Waals surface area (Å²) in [7, 11) is 0. The largest absolute Gasteiger partial charge is 0.390 e. The van der Waals surface area contributed by atoms with Crippen molar-refractivity contribution < 1.29 is 18.7 Å². The van der Waals surface area contributed by atoms with Gasteiger partial charge in [-0.15, -0.1) is 0 Å². The highest BCUT2D eigenvalue weighted by Crippen LogP contribution is 2.31. The Morgan fingerprint density at radius 3 is 2.75 bits per heavy atom. The van der Waals surface area contributed by atoms with Crippen LogP contribution in [-0.4, -0.2) is 17.2 Å². The number of amides is 2. The van der Waals surface area contributed by atoms with Crippen LogP contribution in [0.15, 0.2) is 42.5 Å². The Labute approximate surface area is 138 Å². The first kappa shape index (κ1) is 16.4. The van der Waals surface area contributed by atoms with Crippen LogP contribution in [-0.2, 0) is 6.42 Å². The van der Waals surface area contributed by atoms with Crippen molar-refractivity contribution in [3.63, 3.8) is 0 Å². The fourth-order valence-electron chi connectivity index (χ4n) is 3.06. The zero-order chi connectivity index (χ0) is 17.3. The van der Waals surface area contributed by atoms with E-state index < -0.39 is 35.9 Å². The molecule has 3 rings (SSSR count). The molecule has 0 aliphatic heterocycles. The van der Waals surface area contributed by atoms with Gasteiger partial charge >= 0.3 is 6.03 Å². The van der Waals surface area contributed by atoms with Gasteiger partial charge < -0.3 is 15.7 Å². The van der Waals surface area contributed by atoms with E-state index in [1.165, 1.54) is 6.07 Å². The second-order valence-electron chi connectivity index (χ2n) is 5.95. The van der Waals surface area contributed by atoms with Gasteiger partial charge in [-0.1, -0.05) is 30.3 Å². The molecule has 0 bridgehead atoms. The molecule has 0 heterocycles. The van der Waals surface area contributed by atoms with E-state index in [9.17, 15) is 18.7 Å². The van der Waals surface area contributed by atoms with Crippen LogP contribution in [0.25, 0.3) is 0 Å². The quantitative estimate of drug-likeness (QED) is 0.809. The number of carbonyl (C=O) groups excluding carboxylic acids is 1. The van der Waals surface area contributed by atoms with Crippen molar-refractivity contribution in [3.8, 4) is 0 Å². The van der Waals surface area contributed by atoms with Crippen LogP contribution >= 0.6 is 0 Å². The number of benzene rings is 2. The van der Waals surface area contributed by atoms with Crippen molar-refractivity contribution in [2.24, 2.45) is 0 Å². The Morgan fingerprint density at radius 2 is 2.00 bits per heavy atom. The molecule has 3 unspecified atom stereocenters. The summed E-state index contributed by atoms with van der Waals surface area (Å²) in [6.45, 7) is 1.61. The van der Waals surface area contributed by atoms with E-state index in [2.05, 4.69) is 10.6 Å². The van der Waals surface area contributed by atoms with Crippen molar-refractivity contribution >= 4 is 6.03 Å². The molecule has 2 amide bonds. The molecule has 1 aliphatic rings. The number of halogens is 2. The molecular weight excluding hydrogens is 314 g/mol. The molecule has 3 N–H and O–H groups in total. The molecule has 0 saturated heterocycles. The SMILES string of the molecule is CC(NC(=O)NC1c2ccccc2CC1O)c1ccc(F)cc1F. The number of aliphatic hydroxyl groups excluding tert-OH is 1. The van der Waals surface area contributed by atoms with Gasteiger partial charge in [0.25, 0.3) is 0 Å². The van der Waals surface area contributed by atoms with Gasteiger partial charge in [0.15, 0.2) is 0 Å². The minimum atomic E-state index is -0.714. The van der Waals surface area contributed by atoms with Gasteiger partial charge in [-0.2, -0.15) is 0 Å². The van der Waals surface area contributed by atoms with Gasteiger partial charge in [-0.25, -0.2) is 13.6 Å². The summed E-state index contributed by atoms with van der Waals surface area (Å²) in [6.07, 6.45) is -0.227. The number of nitrogens with one attached hydrogen (secondary N) is 2. The second kappa shape index (κ2) is 6.57. The number of carbonyl (C=O) groups is 1. The van der Waals surface area contributed by atoms with E-state index in [1.54, 1.807) is 6.92 Å². The highest BCUT2D eigenvalue weighted by molar-refractivity contribution is 5.75. The Kier molecular flexibility index (Phi) is 4.49. The number of hydrogen-bond acceptors (Lipinski definition) is 2. The predicted molar refractivity (Wildman–Crippen MR) is 85.3 cm³/mol. The minimum Gasteiger partial charge on any atom is -0.390 e. The highest BCUT2D eigenvalue weighted by Gasteiger charge is 2.32. The van der Waals surface area contributed by atoms with Crippen molar-refractivity contribution in [2.75, 3.05) is 0 Å². The minimum absolute atomic E-state index is 0.193. The van der Waals surface area contributed by atoms with Gasteiger partial charge in [-0.3, -0.25) is 0 Å². The van der Waals surface area contributed by atoms with Crippen LogP contribution < -0.4 is 10.6 Å². The third kappa shape index (κ3) is 3.23.